The van der Waals surface area contributed by atoms with Gasteiger partial charge in [0, 0.05) is 6.42 Å². The molecule has 0 aromatic heterocycles. The molecule has 5 heteroatoms. The van der Waals surface area contributed by atoms with Crippen LogP contribution in [0.15, 0.2) is 84.9 Å². The molecular formula is C28H23NO4. The molecule has 5 rings (SSSR count). The summed E-state index contributed by atoms with van der Waals surface area (Å²) in [5.41, 5.74) is 6.54. The number of hydrogen-bond donors (Lipinski definition) is 2. The number of hydrogen-bond acceptors (Lipinski definition) is 3. The number of rotatable bonds is 6. The zero-order valence-electron chi connectivity index (χ0n) is 18.0. The van der Waals surface area contributed by atoms with E-state index in [0.29, 0.717) is 0 Å². The summed E-state index contributed by atoms with van der Waals surface area (Å²) in [5, 5.41) is 14.3. The van der Waals surface area contributed by atoms with Crippen molar-refractivity contribution in [3.05, 3.63) is 107 Å². The number of benzene rings is 4. The Labute approximate surface area is 191 Å². The van der Waals surface area contributed by atoms with Gasteiger partial charge in [-0.1, -0.05) is 84.9 Å². The molecule has 33 heavy (non-hydrogen) atoms. The third-order valence-electron chi connectivity index (χ3n) is 6.15. The van der Waals surface area contributed by atoms with Crippen LogP contribution in [-0.4, -0.2) is 23.2 Å². The number of aliphatic carboxylic acids is 1. The second-order valence-electron chi connectivity index (χ2n) is 8.27. The van der Waals surface area contributed by atoms with Crippen LogP contribution in [0, 0.1) is 0 Å². The van der Waals surface area contributed by atoms with Gasteiger partial charge in [0.15, 0.2) is 0 Å². The Balaban J connectivity index is 1.25. The zero-order chi connectivity index (χ0) is 22.8. The lowest BCUT2D eigenvalue weighted by Gasteiger charge is -2.16. The summed E-state index contributed by atoms with van der Waals surface area (Å²) in [6, 6.07) is 26.8. The lowest BCUT2D eigenvalue weighted by atomic mass is 10.0. The maximum absolute atomic E-state index is 12.5. The van der Waals surface area contributed by atoms with E-state index in [1.54, 1.807) is 0 Å². The number of carboxylic acids is 1. The third kappa shape index (κ3) is 4.30. The molecule has 0 bridgehead atoms. The van der Waals surface area contributed by atoms with Gasteiger partial charge in [0.25, 0.3) is 0 Å². The second-order valence-corrected chi connectivity index (χ2v) is 8.27. The standard InChI is InChI=1S/C28H23NO4/c30-27(31)26(15-18-12-13-19-6-1-2-7-20(19)14-18)29-28(32)33-17-22-9-5-11-24-23-10-4-3-8-21(23)16-25(22)24/h1-14,26H,15-17H2,(H,29,32)(H,30,31)/t26-/m0/s1. The van der Waals surface area contributed by atoms with Crippen LogP contribution in [0.2, 0.25) is 0 Å². The molecule has 5 nitrogen and oxygen atoms in total. The molecule has 1 amide bonds. The van der Waals surface area contributed by atoms with Gasteiger partial charge in [0.2, 0.25) is 0 Å². The quantitative estimate of drug-likeness (QED) is 0.376. The number of amides is 1. The zero-order valence-corrected chi connectivity index (χ0v) is 18.0. The van der Waals surface area contributed by atoms with Crippen LogP contribution in [0.25, 0.3) is 21.9 Å². The van der Waals surface area contributed by atoms with Gasteiger partial charge in [-0.3, -0.25) is 0 Å². The minimum Gasteiger partial charge on any atom is -0.480 e. The molecule has 2 N–H and O–H groups in total. The first-order chi connectivity index (χ1) is 16.1. The van der Waals surface area contributed by atoms with E-state index >= 15 is 0 Å². The molecule has 0 heterocycles. The highest BCUT2D eigenvalue weighted by Crippen LogP contribution is 2.38. The Hall–Kier alpha value is -4.12. The van der Waals surface area contributed by atoms with Crippen LogP contribution in [0.5, 0.6) is 0 Å². The molecule has 0 saturated carbocycles. The van der Waals surface area contributed by atoms with E-state index in [4.69, 9.17) is 4.74 Å². The molecule has 0 unspecified atom stereocenters. The first-order valence-corrected chi connectivity index (χ1v) is 10.9. The number of fused-ring (bicyclic) bond motifs is 4. The van der Waals surface area contributed by atoms with Gasteiger partial charge in [-0.15, -0.1) is 0 Å². The lowest BCUT2D eigenvalue weighted by molar-refractivity contribution is -0.139. The van der Waals surface area contributed by atoms with Gasteiger partial charge >= 0.3 is 12.1 Å². The summed E-state index contributed by atoms with van der Waals surface area (Å²) in [6.07, 6.45) is 0.230. The normalized spacial score (nSPS) is 12.6. The number of carbonyl (C=O) groups excluding carboxylic acids is 1. The maximum atomic E-state index is 12.5. The molecule has 164 valence electrons. The van der Waals surface area contributed by atoms with Crippen molar-refractivity contribution in [3.8, 4) is 11.1 Å². The van der Waals surface area contributed by atoms with E-state index in [1.165, 1.54) is 11.1 Å². The predicted octanol–water partition coefficient (Wildman–Crippen LogP) is 5.33. The Kier molecular flexibility index (Phi) is 5.53. The highest BCUT2D eigenvalue weighted by atomic mass is 16.5. The monoisotopic (exact) mass is 437 g/mol. The third-order valence-corrected chi connectivity index (χ3v) is 6.15. The largest absolute Gasteiger partial charge is 0.480 e. The van der Waals surface area contributed by atoms with E-state index in [-0.39, 0.29) is 13.0 Å². The fourth-order valence-corrected chi connectivity index (χ4v) is 4.49. The van der Waals surface area contributed by atoms with E-state index in [9.17, 15) is 14.7 Å². The average molecular weight is 437 g/mol. The van der Waals surface area contributed by atoms with Crippen molar-refractivity contribution in [2.24, 2.45) is 0 Å². The van der Waals surface area contributed by atoms with Crippen LogP contribution in [-0.2, 0) is 29.0 Å². The van der Waals surface area contributed by atoms with Crippen LogP contribution >= 0.6 is 0 Å². The van der Waals surface area contributed by atoms with E-state index in [0.717, 1.165) is 39.4 Å². The number of carboxylic acid groups (broad SMARTS) is 1. The van der Waals surface area contributed by atoms with Gasteiger partial charge in [-0.05, 0) is 50.6 Å². The van der Waals surface area contributed by atoms with Crippen molar-refractivity contribution in [2.75, 3.05) is 0 Å². The van der Waals surface area contributed by atoms with Crippen LogP contribution in [0.3, 0.4) is 0 Å². The highest BCUT2D eigenvalue weighted by Gasteiger charge is 2.23. The number of nitrogens with one attached hydrogen (secondary N) is 1. The van der Waals surface area contributed by atoms with Gasteiger partial charge < -0.3 is 15.2 Å². The fraction of sp³-hybridized carbons (Fsp3) is 0.143. The SMILES string of the molecule is O=C(N[C@@H](Cc1ccc2ccccc2c1)C(=O)O)OCc1cccc2c1Cc1ccccc1-2. The van der Waals surface area contributed by atoms with E-state index in [2.05, 4.69) is 23.5 Å². The smallest absolute Gasteiger partial charge is 0.408 e. The predicted molar refractivity (Wildman–Crippen MR) is 127 cm³/mol. The van der Waals surface area contributed by atoms with Crippen molar-refractivity contribution in [1.82, 2.24) is 5.32 Å². The Morgan fingerprint density at radius 1 is 0.879 bits per heavy atom. The molecule has 4 aromatic carbocycles. The summed E-state index contributed by atoms with van der Waals surface area (Å²) in [7, 11) is 0. The molecule has 1 aliphatic rings. The van der Waals surface area contributed by atoms with E-state index in [1.807, 2.05) is 66.7 Å². The minimum atomic E-state index is -1.10. The van der Waals surface area contributed by atoms with Crippen molar-refractivity contribution >= 4 is 22.8 Å². The number of carbonyl (C=O) groups is 2. The maximum Gasteiger partial charge on any atom is 0.408 e. The summed E-state index contributed by atoms with van der Waals surface area (Å²) in [4.78, 5) is 24.2. The summed E-state index contributed by atoms with van der Waals surface area (Å²) < 4.78 is 5.43. The average Bonchev–Trinajstić information content (AvgIpc) is 3.21. The molecule has 0 saturated heterocycles. The molecule has 0 radical (unpaired) electrons. The Bertz CT molecular complexity index is 1360. The molecule has 4 aromatic rings. The second kappa shape index (κ2) is 8.79. The van der Waals surface area contributed by atoms with Crippen LogP contribution in [0.1, 0.15) is 22.3 Å². The number of alkyl carbamates (subject to hydrolysis) is 1. The van der Waals surface area contributed by atoms with Crippen molar-refractivity contribution in [1.29, 1.82) is 0 Å². The molecule has 1 aliphatic carbocycles. The summed E-state index contributed by atoms with van der Waals surface area (Å²) >= 11 is 0. The Morgan fingerprint density at radius 3 is 2.48 bits per heavy atom. The van der Waals surface area contributed by atoms with Crippen LogP contribution < -0.4 is 5.32 Å². The van der Waals surface area contributed by atoms with Gasteiger partial charge in [-0.25, -0.2) is 9.59 Å². The molecule has 1 atom stereocenters. The van der Waals surface area contributed by atoms with E-state index < -0.39 is 18.1 Å². The first kappa shape index (κ1) is 20.8. The summed E-state index contributed by atoms with van der Waals surface area (Å²) in [5.74, 6) is -1.10. The highest BCUT2D eigenvalue weighted by molar-refractivity contribution is 5.84. The lowest BCUT2D eigenvalue weighted by Crippen LogP contribution is -2.42. The first-order valence-electron chi connectivity index (χ1n) is 10.9. The minimum absolute atomic E-state index is 0.0886. The van der Waals surface area contributed by atoms with Crippen LogP contribution in [0.4, 0.5) is 4.79 Å². The molecule has 0 aliphatic heterocycles. The fourth-order valence-electron chi connectivity index (χ4n) is 4.49. The van der Waals surface area contributed by atoms with Gasteiger partial charge in [0.1, 0.15) is 12.6 Å². The number of ether oxygens (including phenoxy) is 1. The van der Waals surface area contributed by atoms with Crippen molar-refractivity contribution < 1.29 is 19.4 Å². The topological polar surface area (TPSA) is 75.6 Å². The van der Waals surface area contributed by atoms with Gasteiger partial charge in [-0.2, -0.15) is 0 Å². The summed E-state index contributed by atoms with van der Waals surface area (Å²) in [6.45, 7) is 0.0886. The molecule has 0 fully saturated rings. The van der Waals surface area contributed by atoms with Crippen molar-refractivity contribution in [3.63, 3.8) is 0 Å². The Morgan fingerprint density at radius 2 is 1.64 bits per heavy atom. The van der Waals surface area contributed by atoms with Gasteiger partial charge in [0.05, 0.1) is 0 Å². The molecule has 0 spiro atoms. The molecular weight excluding hydrogens is 414 g/mol. The van der Waals surface area contributed by atoms with Crippen molar-refractivity contribution in [2.45, 2.75) is 25.5 Å².